The predicted octanol–water partition coefficient (Wildman–Crippen LogP) is 3.65. The monoisotopic (exact) mass is 441 g/mol. The van der Waals surface area contributed by atoms with Crippen LogP contribution in [0.25, 0.3) is 0 Å². The summed E-state index contributed by atoms with van der Waals surface area (Å²) in [6.07, 6.45) is 1.73. The SMILES string of the molecule is COc1ccc(Cn2cc(COC(=O)c3ccc(SC(C)(C)C(=O)O)cc3)nn2)cc1. The molecule has 162 valence electrons. The van der Waals surface area contributed by atoms with Crippen LogP contribution in [0.1, 0.15) is 35.5 Å². The van der Waals surface area contributed by atoms with E-state index >= 15 is 0 Å². The van der Waals surface area contributed by atoms with Crippen molar-refractivity contribution in [2.75, 3.05) is 7.11 Å². The highest BCUT2D eigenvalue weighted by Crippen LogP contribution is 2.32. The first-order valence-corrected chi connectivity index (χ1v) is 10.3. The van der Waals surface area contributed by atoms with Crippen molar-refractivity contribution in [2.24, 2.45) is 0 Å². The molecular formula is C22H23N3O5S. The number of nitrogens with zero attached hydrogens (tertiary/aromatic N) is 3. The number of aromatic nitrogens is 3. The molecule has 0 atom stereocenters. The van der Waals surface area contributed by atoms with Gasteiger partial charge in [-0.2, -0.15) is 0 Å². The van der Waals surface area contributed by atoms with E-state index in [1.54, 1.807) is 56.1 Å². The number of rotatable bonds is 9. The Bertz CT molecular complexity index is 1050. The average Bonchev–Trinajstić information content (AvgIpc) is 3.20. The number of ether oxygens (including phenoxy) is 2. The third kappa shape index (κ3) is 6.08. The molecule has 9 heteroatoms. The average molecular weight is 442 g/mol. The molecule has 0 radical (unpaired) electrons. The van der Waals surface area contributed by atoms with Crippen LogP contribution in [-0.4, -0.2) is 43.9 Å². The Morgan fingerprint density at radius 2 is 1.77 bits per heavy atom. The van der Waals surface area contributed by atoms with Crippen LogP contribution < -0.4 is 4.74 Å². The van der Waals surface area contributed by atoms with Crippen LogP contribution in [0.5, 0.6) is 5.75 Å². The van der Waals surface area contributed by atoms with Crippen molar-refractivity contribution < 1.29 is 24.2 Å². The summed E-state index contributed by atoms with van der Waals surface area (Å²) in [4.78, 5) is 24.3. The molecule has 3 aromatic rings. The third-order valence-corrected chi connectivity index (χ3v) is 5.61. The number of hydrogen-bond donors (Lipinski definition) is 1. The summed E-state index contributed by atoms with van der Waals surface area (Å²) in [5, 5.41) is 17.3. The maximum atomic E-state index is 12.3. The van der Waals surface area contributed by atoms with Crippen LogP contribution in [0.3, 0.4) is 0 Å². The lowest BCUT2D eigenvalue weighted by Gasteiger charge is -2.18. The zero-order valence-electron chi connectivity index (χ0n) is 17.4. The van der Waals surface area contributed by atoms with E-state index in [9.17, 15) is 14.7 Å². The summed E-state index contributed by atoms with van der Waals surface area (Å²) in [5.41, 5.74) is 1.96. The van der Waals surface area contributed by atoms with Gasteiger partial charge in [0.2, 0.25) is 0 Å². The summed E-state index contributed by atoms with van der Waals surface area (Å²) in [7, 11) is 1.62. The number of carbonyl (C=O) groups is 2. The van der Waals surface area contributed by atoms with Crippen LogP contribution in [0.2, 0.25) is 0 Å². The summed E-state index contributed by atoms with van der Waals surface area (Å²) < 4.78 is 11.2. The number of hydrogen-bond acceptors (Lipinski definition) is 7. The molecule has 0 bridgehead atoms. The number of carboxylic acids is 1. The van der Waals surface area contributed by atoms with Crippen LogP contribution in [0.15, 0.2) is 59.6 Å². The Kier molecular flexibility index (Phi) is 6.96. The van der Waals surface area contributed by atoms with E-state index in [0.717, 1.165) is 16.2 Å². The molecule has 0 amide bonds. The van der Waals surface area contributed by atoms with E-state index in [-0.39, 0.29) is 6.61 Å². The van der Waals surface area contributed by atoms with Gasteiger partial charge in [0.25, 0.3) is 0 Å². The van der Waals surface area contributed by atoms with Crippen molar-refractivity contribution in [1.82, 2.24) is 15.0 Å². The topological polar surface area (TPSA) is 104 Å². The minimum Gasteiger partial charge on any atom is -0.497 e. The van der Waals surface area contributed by atoms with Crippen LogP contribution >= 0.6 is 11.8 Å². The van der Waals surface area contributed by atoms with Gasteiger partial charge in [-0.15, -0.1) is 16.9 Å². The Balaban J connectivity index is 1.53. The summed E-state index contributed by atoms with van der Waals surface area (Å²) in [6.45, 7) is 3.80. The van der Waals surface area contributed by atoms with Gasteiger partial charge in [0.05, 0.1) is 25.4 Å². The second kappa shape index (κ2) is 9.65. The molecule has 1 heterocycles. The lowest BCUT2D eigenvalue weighted by molar-refractivity contribution is -0.138. The van der Waals surface area contributed by atoms with E-state index in [0.29, 0.717) is 17.8 Å². The van der Waals surface area contributed by atoms with Gasteiger partial charge in [-0.3, -0.25) is 4.79 Å². The molecule has 0 aliphatic carbocycles. The van der Waals surface area contributed by atoms with Gasteiger partial charge in [0.15, 0.2) is 0 Å². The molecule has 2 aromatic carbocycles. The highest BCUT2D eigenvalue weighted by atomic mass is 32.2. The fourth-order valence-corrected chi connectivity index (χ4v) is 3.57. The molecule has 0 aliphatic rings. The number of benzene rings is 2. The van der Waals surface area contributed by atoms with Crippen molar-refractivity contribution >= 4 is 23.7 Å². The van der Waals surface area contributed by atoms with Crippen molar-refractivity contribution in [3.05, 3.63) is 71.5 Å². The van der Waals surface area contributed by atoms with Crippen molar-refractivity contribution in [3.8, 4) is 5.75 Å². The normalized spacial score (nSPS) is 11.2. The lowest BCUT2D eigenvalue weighted by atomic mass is 10.2. The maximum absolute atomic E-state index is 12.3. The largest absolute Gasteiger partial charge is 0.497 e. The van der Waals surface area contributed by atoms with E-state index in [2.05, 4.69) is 10.3 Å². The van der Waals surface area contributed by atoms with Gasteiger partial charge >= 0.3 is 11.9 Å². The second-order valence-corrected chi connectivity index (χ2v) is 8.97. The molecule has 8 nitrogen and oxygen atoms in total. The molecule has 3 rings (SSSR count). The van der Waals surface area contributed by atoms with Crippen molar-refractivity contribution in [1.29, 1.82) is 0 Å². The summed E-state index contributed by atoms with van der Waals surface area (Å²) >= 11 is 1.21. The standard InChI is InChI=1S/C22H23N3O5S/c1-22(2,21(27)28)31-19-10-6-16(7-11-19)20(26)30-14-17-13-25(24-23-17)12-15-4-8-18(29-3)9-5-15/h4-11,13H,12,14H2,1-3H3,(H,27,28). The van der Waals surface area contributed by atoms with E-state index < -0.39 is 16.7 Å². The van der Waals surface area contributed by atoms with Gasteiger partial charge in [-0.05, 0) is 55.8 Å². The molecule has 0 unspecified atom stereocenters. The lowest BCUT2D eigenvalue weighted by Crippen LogP contribution is -2.26. The van der Waals surface area contributed by atoms with E-state index in [1.807, 2.05) is 24.3 Å². The van der Waals surface area contributed by atoms with Crippen LogP contribution in [0, 0.1) is 0 Å². The Hall–Kier alpha value is -3.33. The first-order chi connectivity index (χ1) is 14.8. The predicted molar refractivity (Wildman–Crippen MR) is 115 cm³/mol. The molecule has 31 heavy (non-hydrogen) atoms. The first kappa shape index (κ1) is 22.4. The number of carbonyl (C=O) groups excluding carboxylic acids is 1. The van der Waals surface area contributed by atoms with Crippen molar-refractivity contribution in [2.45, 2.75) is 36.6 Å². The third-order valence-electron chi connectivity index (χ3n) is 4.42. The number of aliphatic carboxylic acids is 1. The van der Waals surface area contributed by atoms with Crippen LogP contribution in [-0.2, 0) is 22.7 Å². The van der Waals surface area contributed by atoms with E-state index in [4.69, 9.17) is 9.47 Å². The second-order valence-electron chi connectivity index (χ2n) is 7.27. The number of thioether (sulfide) groups is 1. The molecule has 0 saturated carbocycles. The Morgan fingerprint density at radius 3 is 2.39 bits per heavy atom. The highest BCUT2D eigenvalue weighted by Gasteiger charge is 2.28. The summed E-state index contributed by atoms with van der Waals surface area (Å²) in [6, 6.07) is 14.3. The molecule has 1 N–H and O–H groups in total. The minimum atomic E-state index is -0.959. The van der Waals surface area contributed by atoms with Gasteiger partial charge in [0.1, 0.15) is 22.8 Å². The molecular weight excluding hydrogens is 418 g/mol. The molecule has 0 saturated heterocycles. The molecule has 0 aliphatic heterocycles. The minimum absolute atomic E-state index is 0.00396. The number of carboxylic acid groups (broad SMARTS) is 1. The fourth-order valence-electron chi connectivity index (χ4n) is 2.62. The number of esters is 1. The zero-order valence-corrected chi connectivity index (χ0v) is 18.3. The van der Waals surface area contributed by atoms with E-state index in [1.165, 1.54) is 11.8 Å². The van der Waals surface area contributed by atoms with Crippen molar-refractivity contribution in [3.63, 3.8) is 0 Å². The quantitative estimate of drug-likeness (QED) is 0.396. The van der Waals surface area contributed by atoms with Gasteiger partial charge < -0.3 is 14.6 Å². The highest BCUT2D eigenvalue weighted by molar-refractivity contribution is 8.01. The Labute approximate surface area is 184 Å². The molecule has 1 aromatic heterocycles. The maximum Gasteiger partial charge on any atom is 0.338 e. The van der Waals surface area contributed by atoms with Crippen LogP contribution in [0.4, 0.5) is 0 Å². The summed E-state index contributed by atoms with van der Waals surface area (Å²) in [5.74, 6) is -0.605. The smallest absolute Gasteiger partial charge is 0.338 e. The van der Waals surface area contributed by atoms with Gasteiger partial charge in [-0.25, -0.2) is 9.48 Å². The fraction of sp³-hybridized carbons (Fsp3) is 0.273. The van der Waals surface area contributed by atoms with Gasteiger partial charge in [-0.1, -0.05) is 17.3 Å². The first-order valence-electron chi connectivity index (χ1n) is 9.48. The zero-order chi connectivity index (χ0) is 22.4. The number of methoxy groups -OCH3 is 1. The Morgan fingerprint density at radius 1 is 1.10 bits per heavy atom. The molecule has 0 fully saturated rings. The van der Waals surface area contributed by atoms with Gasteiger partial charge in [0, 0.05) is 4.90 Å². The molecule has 0 spiro atoms.